The first-order valence-corrected chi connectivity index (χ1v) is 27.4. The Bertz CT molecular complexity index is 1120. The maximum atomic E-state index is 14.1. The standard InChI is InChI=1S/C55H103NO11/c1-5-9-12-15-18-26-34-42-66-53(57)36-29-22-20-25-32-40-64-51-52(65-41-33-28-21-23-30-37-54(58)67-43-35-27-19-16-13-10-6-2)55(59)56(38-31-24-17-14-11-7-3)39-44-61-47-48-63-50-49-62-46-45-60-8-4/h26-27,34-35,52H,5-25,28-33,36-51H2,1-4H3/b34-26-,35-27-. The van der Waals surface area contributed by atoms with Gasteiger partial charge >= 0.3 is 11.9 Å². The monoisotopic (exact) mass is 954 g/mol. The molecule has 0 saturated heterocycles. The summed E-state index contributed by atoms with van der Waals surface area (Å²) in [5, 5.41) is 0. The van der Waals surface area contributed by atoms with E-state index in [1.807, 2.05) is 24.0 Å². The van der Waals surface area contributed by atoms with Crippen LogP contribution in [0.25, 0.3) is 0 Å². The van der Waals surface area contributed by atoms with E-state index in [4.69, 9.17) is 37.9 Å². The molecule has 0 aromatic heterocycles. The number of hydrogen-bond acceptors (Lipinski definition) is 11. The summed E-state index contributed by atoms with van der Waals surface area (Å²) in [5.41, 5.74) is 0. The van der Waals surface area contributed by atoms with Crippen LogP contribution < -0.4 is 0 Å². The molecule has 0 aliphatic rings. The number of carbonyl (C=O) groups is 3. The largest absolute Gasteiger partial charge is 0.461 e. The lowest BCUT2D eigenvalue weighted by Gasteiger charge is -2.28. The molecule has 12 heteroatoms. The van der Waals surface area contributed by atoms with Crippen LogP contribution in [0.5, 0.6) is 0 Å². The van der Waals surface area contributed by atoms with E-state index < -0.39 is 6.10 Å². The van der Waals surface area contributed by atoms with Gasteiger partial charge in [-0.05, 0) is 64.7 Å². The molecular weight excluding hydrogens is 851 g/mol. The van der Waals surface area contributed by atoms with E-state index >= 15 is 0 Å². The molecule has 0 aromatic rings. The van der Waals surface area contributed by atoms with Gasteiger partial charge in [-0.25, -0.2) is 0 Å². The minimum atomic E-state index is -0.687. The number of esters is 2. The number of nitrogens with zero attached hydrogens (tertiary/aromatic N) is 1. The fourth-order valence-corrected chi connectivity index (χ4v) is 7.29. The third-order valence-corrected chi connectivity index (χ3v) is 11.4. The van der Waals surface area contributed by atoms with Crippen molar-refractivity contribution < 1.29 is 52.3 Å². The molecule has 1 amide bonds. The molecule has 0 aliphatic heterocycles. The molecule has 0 N–H and O–H groups in total. The highest BCUT2D eigenvalue weighted by atomic mass is 16.6. The van der Waals surface area contributed by atoms with Crippen LogP contribution in [0.3, 0.4) is 0 Å². The molecule has 1 atom stereocenters. The van der Waals surface area contributed by atoms with Crippen molar-refractivity contribution in [2.75, 3.05) is 99.0 Å². The van der Waals surface area contributed by atoms with E-state index in [1.54, 1.807) is 0 Å². The van der Waals surface area contributed by atoms with Gasteiger partial charge in [-0.1, -0.05) is 154 Å². The Balaban J connectivity index is 4.92. The Morgan fingerprint density at radius 2 is 0.836 bits per heavy atom. The van der Waals surface area contributed by atoms with Gasteiger partial charge in [0.2, 0.25) is 0 Å². The zero-order chi connectivity index (χ0) is 48.8. The number of carbonyl (C=O) groups excluding carboxylic acids is 3. The first-order valence-electron chi connectivity index (χ1n) is 27.4. The summed E-state index contributed by atoms with van der Waals surface area (Å²) in [6, 6.07) is 0. The van der Waals surface area contributed by atoms with Crippen molar-refractivity contribution in [1.29, 1.82) is 0 Å². The lowest BCUT2D eigenvalue weighted by Crippen LogP contribution is -2.45. The summed E-state index contributed by atoms with van der Waals surface area (Å²) in [4.78, 5) is 40.3. The van der Waals surface area contributed by atoms with Crippen molar-refractivity contribution >= 4 is 17.8 Å². The van der Waals surface area contributed by atoms with Crippen LogP contribution in [0.15, 0.2) is 24.3 Å². The summed E-state index contributed by atoms with van der Waals surface area (Å²) >= 11 is 0. The molecule has 12 nitrogen and oxygen atoms in total. The molecule has 0 rings (SSSR count). The number of amides is 1. The van der Waals surface area contributed by atoms with Gasteiger partial charge in [0.25, 0.3) is 5.91 Å². The Morgan fingerprint density at radius 3 is 1.36 bits per heavy atom. The molecular formula is C55H103NO11. The van der Waals surface area contributed by atoms with Crippen LogP contribution in [0.4, 0.5) is 0 Å². The fourth-order valence-electron chi connectivity index (χ4n) is 7.29. The summed E-state index contributed by atoms with van der Waals surface area (Å²) in [5.74, 6) is -0.309. The molecule has 394 valence electrons. The Kier molecular flexibility index (Phi) is 52.7. The number of ether oxygens (including phenoxy) is 8. The number of allylic oxidation sites excluding steroid dienone is 2. The van der Waals surface area contributed by atoms with Crippen molar-refractivity contribution in [3.05, 3.63) is 24.3 Å². The zero-order valence-corrected chi connectivity index (χ0v) is 43.7. The first-order chi connectivity index (χ1) is 33.0. The van der Waals surface area contributed by atoms with Gasteiger partial charge in [0, 0.05) is 45.8 Å². The van der Waals surface area contributed by atoms with Crippen LogP contribution in [0.1, 0.15) is 207 Å². The predicted molar refractivity (Wildman–Crippen MR) is 273 cm³/mol. The average molecular weight is 954 g/mol. The van der Waals surface area contributed by atoms with Crippen molar-refractivity contribution in [2.24, 2.45) is 0 Å². The number of unbranched alkanes of at least 4 members (excludes halogenated alkanes) is 21. The maximum Gasteiger partial charge on any atom is 0.306 e. The van der Waals surface area contributed by atoms with Crippen molar-refractivity contribution in [2.45, 2.75) is 214 Å². The van der Waals surface area contributed by atoms with Gasteiger partial charge in [0.1, 0.15) is 13.2 Å². The van der Waals surface area contributed by atoms with Gasteiger partial charge in [-0.2, -0.15) is 0 Å². The van der Waals surface area contributed by atoms with E-state index in [1.165, 1.54) is 77.0 Å². The zero-order valence-electron chi connectivity index (χ0n) is 43.7. The minimum absolute atomic E-state index is 0.0446. The SMILES string of the molecule is CCCCCC/C=C\COC(=O)CCCCCCCOCC(OCCCCCCCC(=O)OC/C=C\CCCCCC)C(=O)N(CCCCCCCC)CCOCCOCCOCCOCC. The van der Waals surface area contributed by atoms with Crippen LogP contribution in [0, 0.1) is 0 Å². The van der Waals surface area contributed by atoms with Crippen LogP contribution >= 0.6 is 0 Å². The molecule has 0 heterocycles. The summed E-state index contributed by atoms with van der Waals surface area (Å²) < 4.78 is 45.5. The third kappa shape index (κ3) is 48.5. The van der Waals surface area contributed by atoms with Gasteiger partial charge in [-0.15, -0.1) is 0 Å². The van der Waals surface area contributed by atoms with Gasteiger partial charge in [0.05, 0.1) is 52.9 Å². The number of rotatable bonds is 54. The molecule has 67 heavy (non-hydrogen) atoms. The van der Waals surface area contributed by atoms with Crippen molar-refractivity contribution in [3.63, 3.8) is 0 Å². The van der Waals surface area contributed by atoms with Crippen molar-refractivity contribution in [1.82, 2.24) is 4.90 Å². The minimum Gasteiger partial charge on any atom is -0.461 e. The Labute approximate surface area is 410 Å². The fraction of sp³-hybridized carbons (Fsp3) is 0.873. The molecule has 0 saturated carbocycles. The number of hydrogen-bond donors (Lipinski definition) is 0. The van der Waals surface area contributed by atoms with E-state index in [-0.39, 0.29) is 24.5 Å². The maximum absolute atomic E-state index is 14.1. The smallest absolute Gasteiger partial charge is 0.306 e. The second-order valence-corrected chi connectivity index (χ2v) is 17.6. The summed E-state index contributed by atoms with van der Waals surface area (Å²) in [7, 11) is 0. The summed E-state index contributed by atoms with van der Waals surface area (Å²) in [6.07, 6.45) is 36.4. The quantitative estimate of drug-likeness (QED) is 0.0328. The van der Waals surface area contributed by atoms with Gasteiger partial charge in [-0.3, -0.25) is 14.4 Å². The lowest BCUT2D eigenvalue weighted by molar-refractivity contribution is -0.149. The second-order valence-electron chi connectivity index (χ2n) is 17.6. The third-order valence-electron chi connectivity index (χ3n) is 11.4. The van der Waals surface area contributed by atoms with E-state index in [0.717, 1.165) is 89.9 Å². The normalized spacial score (nSPS) is 12.1. The first kappa shape index (κ1) is 64.7. The predicted octanol–water partition coefficient (Wildman–Crippen LogP) is 12.5. The molecule has 0 radical (unpaired) electrons. The Hall–Kier alpha value is -2.35. The average Bonchev–Trinajstić information content (AvgIpc) is 3.33. The highest BCUT2D eigenvalue weighted by Crippen LogP contribution is 2.13. The van der Waals surface area contributed by atoms with E-state index in [2.05, 4.69) is 32.9 Å². The molecule has 0 spiro atoms. The molecule has 0 fully saturated rings. The molecule has 0 aliphatic carbocycles. The molecule has 1 unspecified atom stereocenters. The lowest BCUT2D eigenvalue weighted by atomic mass is 10.1. The topological polar surface area (TPSA) is 128 Å². The van der Waals surface area contributed by atoms with Gasteiger partial charge in [0.15, 0.2) is 6.10 Å². The summed E-state index contributed by atoms with van der Waals surface area (Å²) in [6.45, 7) is 15.9. The van der Waals surface area contributed by atoms with Crippen molar-refractivity contribution in [3.8, 4) is 0 Å². The van der Waals surface area contributed by atoms with Crippen LogP contribution in [-0.4, -0.2) is 128 Å². The Morgan fingerprint density at radius 1 is 0.403 bits per heavy atom. The highest BCUT2D eigenvalue weighted by molar-refractivity contribution is 5.81. The van der Waals surface area contributed by atoms with Crippen LogP contribution in [-0.2, 0) is 52.3 Å². The second kappa shape index (κ2) is 54.6. The van der Waals surface area contributed by atoms with E-state index in [0.29, 0.717) is 105 Å². The molecule has 0 bridgehead atoms. The van der Waals surface area contributed by atoms with Crippen LogP contribution in [0.2, 0.25) is 0 Å². The van der Waals surface area contributed by atoms with Gasteiger partial charge < -0.3 is 42.8 Å². The molecule has 0 aromatic carbocycles. The highest BCUT2D eigenvalue weighted by Gasteiger charge is 2.25. The van der Waals surface area contributed by atoms with E-state index in [9.17, 15) is 14.4 Å².